The summed E-state index contributed by atoms with van der Waals surface area (Å²) >= 11 is 0. The van der Waals surface area contributed by atoms with Crippen LogP contribution in [0.2, 0.25) is 0 Å². The third-order valence-electron chi connectivity index (χ3n) is 23.0. The molecule has 0 unspecified atom stereocenters. The number of fused-ring (bicyclic) bond motifs is 16. The van der Waals surface area contributed by atoms with Crippen molar-refractivity contribution in [2.45, 2.75) is 0 Å². The standard InChI is InChI=1S/C59H35N3O2.C50H30N4O2/c1-3-11-36(12-4-1)37-19-21-39(22-20-37)51-34-52(62-58(61-51)40-14-5-2-6-15-40)46-30-44(41-24-26-53-49(32-41)56-47-17-9-7-13-38(47)23-28-55(56)63-53)29-45(31-46)42-25-27-54-50(33-42)57-48-18-10-8-16-43(48)35-60-59(57)64-54;1-3-9-31(10-4-1)32-15-17-33(18-16-32)44-30-45(54-48(53-44)34-11-5-2-6-12-34)39-26-37(35-19-21-46-42(28-35)40-13-7-23-51-49(40)55-46)25-38(27-39)36-20-22-47-43(29-36)41-14-8-24-52-50(41)56-47/h1-35H;1-30H. The van der Waals surface area contributed by atoms with Crippen LogP contribution in [0.1, 0.15) is 0 Å². The maximum Gasteiger partial charge on any atom is 0.227 e. The highest BCUT2D eigenvalue weighted by Gasteiger charge is 2.22. The first-order chi connectivity index (χ1) is 59.4. The average Bonchev–Trinajstić information content (AvgIpc) is 1.65. The SMILES string of the molecule is c1ccc(-c2ccc(-c3cc(-c4cc(-c5ccc6oc7ccc8ccccc8c7c6c5)cc(-c5ccc6oc7ncc8ccccc8c7c6c5)c4)nc(-c4ccccc4)n3)cc2)cc1.c1ccc(-c2ccc(-c3cc(-c4cc(-c5ccc6oc7ncccc7c6c5)cc(-c5ccc6oc7ncccc7c6c5)c4)nc(-c4ccccc4)n3)cc2)cc1. The fourth-order valence-electron chi connectivity index (χ4n) is 17.0. The Morgan fingerprint density at radius 3 is 0.958 bits per heavy atom. The molecule has 11 nitrogen and oxygen atoms in total. The van der Waals surface area contributed by atoms with Crippen LogP contribution in [0.3, 0.4) is 0 Å². The molecule has 0 bridgehead atoms. The van der Waals surface area contributed by atoms with Crippen molar-refractivity contribution in [2.24, 2.45) is 0 Å². The van der Waals surface area contributed by atoms with E-state index in [1.165, 1.54) is 21.9 Å². The number of hydrogen-bond donors (Lipinski definition) is 0. The summed E-state index contributed by atoms with van der Waals surface area (Å²) in [5.41, 5.74) is 28.3. The first-order valence-electron chi connectivity index (χ1n) is 40.0. The van der Waals surface area contributed by atoms with Gasteiger partial charge in [-0.05, 0) is 210 Å². The Balaban J connectivity index is 0.000000141. The minimum atomic E-state index is 0.628. The van der Waals surface area contributed by atoms with Gasteiger partial charge in [-0.2, -0.15) is 0 Å². The maximum atomic E-state index is 6.45. The van der Waals surface area contributed by atoms with E-state index >= 15 is 0 Å². The molecule has 11 heteroatoms. The van der Waals surface area contributed by atoms with Gasteiger partial charge in [0.2, 0.25) is 17.1 Å². The van der Waals surface area contributed by atoms with E-state index in [2.05, 4.69) is 307 Å². The van der Waals surface area contributed by atoms with Crippen LogP contribution in [0.15, 0.2) is 412 Å². The van der Waals surface area contributed by atoms with E-state index in [1.807, 2.05) is 85.1 Å². The third-order valence-corrected chi connectivity index (χ3v) is 23.0. The Hall–Kier alpha value is -16.4. The predicted molar refractivity (Wildman–Crippen MR) is 487 cm³/mol. The quantitative estimate of drug-likeness (QED) is 0.115. The predicted octanol–water partition coefficient (Wildman–Crippen LogP) is 29.0. The van der Waals surface area contributed by atoms with Gasteiger partial charge in [0.25, 0.3) is 0 Å². The smallest absolute Gasteiger partial charge is 0.227 e. The van der Waals surface area contributed by atoms with Crippen molar-refractivity contribution in [2.75, 3.05) is 0 Å². The van der Waals surface area contributed by atoms with Crippen molar-refractivity contribution in [3.8, 4) is 135 Å². The van der Waals surface area contributed by atoms with E-state index in [1.54, 1.807) is 12.4 Å². The second-order valence-electron chi connectivity index (χ2n) is 30.3. The molecule has 0 aliphatic rings. The van der Waals surface area contributed by atoms with Gasteiger partial charge in [-0.15, -0.1) is 0 Å². The van der Waals surface area contributed by atoms with Crippen LogP contribution in [-0.4, -0.2) is 34.9 Å². The highest BCUT2D eigenvalue weighted by Crippen LogP contribution is 2.45. The van der Waals surface area contributed by atoms with Gasteiger partial charge in [0.05, 0.1) is 28.2 Å². The summed E-state index contributed by atoms with van der Waals surface area (Å²) in [7, 11) is 0. The number of nitrogens with zero attached hydrogens (tertiary/aromatic N) is 7. The Labute approximate surface area is 687 Å². The molecule has 0 amide bonds. The average molecular weight is 1540 g/mol. The summed E-state index contributed by atoms with van der Waals surface area (Å²) < 4.78 is 25.0. The lowest BCUT2D eigenvalue weighted by Crippen LogP contribution is -1.96. The molecule has 15 aromatic carbocycles. The molecule has 0 radical (unpaired) electrons. The molecule has 0 atom stereocenters. The number of aromatic nitrogens is 7. The summed E-state index contributed by atoms with van der Waals surface area (Å²) in [6.07, 6.45) is 5.40. The molecule has 0 aliphatic carbocycles. The van der Waals surface area contributed by atoms with Crippen LogP contribution in [0.25, 0.3) is 244 Å². The van der Waals surface area contributed by atoms with E-state index in [4.69, 9.17) is 42.6 Å². The van der Waals surface area contributed by atoms with Crippen LogP contribution in [0, 0.1) is 0 Å². The van der Waals surface area contributed by atoms with E-state index in [-0.39, 0.29) is 0 Å². The zero-order valence-electron chi connectivity index (χ0n) is 64.3. The number of pyridine rings is 3. The molecule has 560 valence electrons. The summed E-state index contributed by atoms with van der Waals surface area (Å²) in [4.78, 5) is 34.5. The topological polar surface area (TPSA) is 143 Å². The molecule has 0 fully saturated rings. The number of benzene rings is 15. The van der Waals surface area contributed by atoms with Gasteiger partial charge in [-0.25, -0.2) is 34.9 Å². The fourth-order valence-corrected chi connectivity index (χ4v) is 17.0. The normalized spacial score (nSPS) is 11.7. The lowest BCUT2D eigenvalue weighted by atomic mass is 9.93. The Bertz CT molecular complexity index is 7840. The van der Waals surface area contributed by atoms with Crippen LogP contribution in [0.4, 0.5) is 0 Å². The molecule has 0 N–H and O–H groups in total. The molecule has 9 heterocycles. The molecule has 24 rings (SSSR count). The Morgan fingerprint density at radius 1 is 0.167 bits per heavy atom. The minimum absolute atomic E-state index is 0.628. The van der Waals surface area contributed by atoms with Crippen molar-refractivity contribution < 1.29 is 17.7 Å². The Morgan fingerprint density at radius 2 is 0.492 bits per heavy atom. The molecule has 24 aromatic rings. The monoisotopic (exact) mass is 1540 g/mol. The largest absolute Gasteiger partial charge is 0.456 e. The molecule has 0 saturated heterocycles. The van der Waals surface area contributed by atoms with E-state index in [0.717, 1.165) is 194 Å². The fraction of sp³-hybridized carbons (Fsp3) is 0. The lowest BCUT2D eigenvalue weighted by Gasteiger charge is -2.14. The maximum absolute atomic E-state index is 6.45. The van der Waals surface area contributed by atoms with Gasteiger partial charge in [0, 0.05) is 95.1 Å². The van der Waals surface area contributed by atoms with Gasteiger partial charge in [0.15, 0.2) is 11.6 Å². The van der Waals surface area contributed by atoms with Gasteiger partial charge in [-0.3, -0.25) is 0 Å². The van der Waals surface area contributed by atoms with E-state index < -0.39 is 0 Å². The zero-order valence-corrected chi connectivity index (χ0v) is 64.3. The van der Waals surface area contributed by atoms with Gasteiger partial charge in [-0.1, -0.05) is 249 Å². The molecule has 0 aliphatic heterocycles. The molecule has 9 aromatic heterocycles. The van der Waals surface area contributed by atoms with Crippen molar-refractivity contribution >= 4 is 110 Å². The van der Waals surface area contributed by atoms with Crippen molar-refractivity contribution in [1.29, 1.82) is 0 Å². The van der Waals surface area contributed by atoms with Gasteiger partial charge >= 0.3 is 0 Å². The molecule has 0 saturated carbocycles. The van der Waals surface area contributed by atoms with Crippen LogP contribution < -0.4 is 0 Å². The highest BCUT2D eigenvalue weighted by molar-refractivity contribution is 6.20. The molecular formula is C109H65N7O4. The summed E-state index contributed by atoms with van der Waals surface area (Å²) in [5.74, 6) is 1.32. The summed E-state index contributed by atoms with van der Waals surface area (Å²) in [5, 5.41) is 12.8. The zero-order chi connectivity index (χ0) is 79.1. The second kappa shape index (κ2) is 28.9. The Kier molecular flexibility index (Phi) is 16.6. The summed E-state index contributed by atoms with van der Waals surface area (Å²) in [6, 6.07) is 131. The first-order valence-corrected chi connectivity index (χ1v) is 40.0. The van der Waals surface area contributed by atoms with E-state index in [0.29, 0.717) is 28.8 Å². The van der Waals surface area contributed by atoms with E-state index in [9.17, 15) is 0 Å². The van der Waals surface area contributed by atoms with Crippen LogP contribution in [0.5, 0.6) is 0 Å². The first kappa shape index (κ1) is 69.2. The summed E-state index contributed by atoms with van der Waals surface area (Å²) in [6.45, 7) is 0. The van der Waals surface area contributed by atoms with Gasteiger partial charge < -0.3 is 17.7 Å². The number of furan rings is 4. The second-order valence-corrected chi connectivity index (χ2v) is 30.3. The highest BCUT2D eigenvalue weighted by atomic mass is 16.3. The lowest BCUT2D eigenvalue weighted by molar-refractivity contribution is 0.653. The third kappa shape index (κ3) is 12.6. The number of rotatable bonds is 12. The van der Waals surface area contributed by atoms with Gasteiger partial charge in [0.1, 0.15) is 27.9 Å². The minimum Gasteiger partial charge on any atom is -0.456 e. The van der Waals surface area contributed by atoms with Crippen molar-refractivity contribution in [3.63, 3.8) is 0 Å². The van der Waals surface area contributed by atoms with Crippen molar-refractivity contribution in [1.82, 2.24) is 34.9 Å². The molecule has 120 heavy (non-hydrogen) atoms. The molecular weight excluding hydrogens is 1470 g/mol. The van der Waals surface area contributed by atoms with Crippen molar-refractivity contribution in [3.05, 3.63) is 395 Å². The number of hydrogen-bond acceptors (Lipinski definition) is 11. The molecule has 0 spiro atoms. The van der Waals surface area contributed by atoms with Crippen LogP contribution in [-0.2, 0) is 0 Å². The van der Waals surface area contributed by atoms with Crippen LogP contribution >= 0.6 is 0 Å².